The number of benzene rings is 3. The van der Waals surface area contributed by atoms with Crippen LogP contribution < -0.4 is 24.6 Å². The van der Waals surface area contributed by atoms with Crippen molar-refractivity contribution in [2.45, 2.75) is 115 Å². The predicted octanol–water partition coefficient (Wildman–Crippen LogP) is 9.81. The number of aromatic nitrogens is 5. The van der Waals surface area contributed by atoms with Gasteiger partial charge in [0, 0.05) is 76.0 Å². The number of fused-ring (bicyclic) bond motifs is 4. The van der Waals surface area contributed by atoms with Crippen molar-refractivity contribution < 1.29 is 52.1 Å². The molecule has 0 aliphatic carbocycles. The van der Waals surface area contributed by atoms with Crippen LogP contribution in [0.25, 0.3) is 43.4 Å². The number of piperidine rings is 2. The first-order chi connectivity index (χ1) is 43.0. The summed E-state index contributed by atoms with van der Waals surface area (Å²) in [5.41, 5.74) is 4.73. The van der Waals surface area contributed by atoms with Crippen LogP contribution in [0.3, 0.4) is 0 Å². The number of aliphatic hydroxyl groups excluding tert-OH is 1. The quantitative estimate of drug-likeness (QED) is 0.0506. The van der Waals surface area contributed by atoms with E-state index in [4.69, 9.17) is 30.1 Å². The molecular formula is C66H75F2N11O9S. The largest absolute Gasteiger partial charge is 0.468 e. The molecule has 6 atom stereocenters. The molecule has 0 radical (unpaired) electrons. The van der Waals surface area contributed by atoms with Crippen LogP contribution in [-0.2, 0) is 14.3 Å². The van der Waals surface area contributed by atoms with Crippen molar-refractivity contribution in [1.82, 2.24) is 45.1 Å². The van der Waals surface area contributed by atoms with E-state index in [1.54, 1.807) is 29.5 Å². The standard InChI is InChI=1S/C66H75F2N11O9S/c1-7-49-52(67)15-12-44-27-48(87-36-85-6)29-50(57(44)49)59-58(68)60-51(31-69-59)62(77-32-45-13-14-46(33-77)79(45)66(83)84)73-65(72-60)86-25-24-75-20-16-40(17-21-75)26-41-18-22-76(23-19-41)55-30-54(88-74-55)56(37(2)3)64(82)78-34-47(80)28-53(78)63(81)71-38(4)42-8-10-43(11-9-42)61-39(5)70-35-89-61/h1,8-12,15,27,29-31,35,37-38,40-41,45-47,53,56,80H,13-14,16-26,28,32-34,36H2,2-6H3,(H,71,81)(H,83,84)/t38?,45-,46+,47-,53+,56?/m1/s1. The number of halogens is 2. The van der Waals surface area contributed by atoms with Crippen LogP contribution in [0.5, 0.6) is 11.8 Å². The lowest BCUT2D eigenvalue weighted by molar-refractivity contribution is -0.141. The number of carboxylic acid groups (broad SMARTS) is 1. The first kappa shape index (κ1) is 61.2. The topological polar surface area (TPSA) is 225 Å². The van der Waals surface area contributed by atoms with Crippen LogP contribution >= 0.6 is 11.3 Å². The molecule has 5 fully saturated rings. The number of rotatable bonds is 19. The van der Waals surface area contributed by atoms with E-state index in [0.29, 0.717) is 78.2 Å². The van der Waals surface area contributed by atoms with Gasteiger partial charge in [-0.25, -0.2) is 18.6 Å². The van der Waals surface area contributed by atoms with Gasteiger partial charge in [-0.05, 0) is 124 Å². The summed E-state index contributed by atoms with van der Waals surface area (Å²) >= 11 is 1.59. The maximum absolute atomic E-state index is 17.5. The number of terminal acetylenes is 1. The highest BCUT2D eigenvalue weighted by molar-refractivity contribution is 7.13. The van der Waals surface area contributed by atoms with Gasteiger partial charge in [0.25, 0.3) is 0 Å². The molecule has 12 rings (SSSR count). The van der Waals surface area contributed by atoms with Gasteiger partial charge in [0.1, 0.15) is 47.2 Å². The minimum Gasteiger partial charge on any atom is -0.468 e. The number of hydrogen-bond acceptors (Lipinski definition) is 17. The molecule has 20 nitrogen and oxygen atoms in total. The van der Waals surface area contributed by atoms with Gasteiger partial charge in [-0.1, -0.05) is 55.3 Å². The van der Waals surface area contributed by atoms with E-state index < -0.39 is 35.8 Å². The highest BCUT2D eigenvalue weighted by atomic mass is 32.1. The average Bonchev–Trinajstić information content (AvgIpc) is 1.09. The fourth-order valence-corrected chi connectivity index (χ4v) is 14.9. The number of β-amino-alcohol motifs (C(OH)–C–C–N with tert-alkyl or cyclic N) is 1. The van der Waals surface area contributed by atoms with Crippen LogP contribution in [0.15, 0.2) is 70.8 Å². The number of aryl methyl sites for hydroxylation is 1. The van der Waals surface area contributed by atoms with Gasteiger partial charge >= 0.3 is 12.1 Å². The van der Waals surface area contributed by atoms with Crippen molar-refractivity contribution in [3.8, 4) is 45.8 Å². The Morgan fingerprint density at radius 2 is 1.63 bits per heavy atom. The molecule has 0 saturated carbocycles. The third-order valence-corrected chi connectivity index (χ3v) is 19.8. The fraction of sp³-hybridized carbons (Fsp3) is 0.485. The summed E-state index contributed by atoms with van der Waals surface area (Å²) in [6.45, 7) is 12.7. The summed E-state index contributed by atoms with van der Waals surface area (Å²) in [7, 11) is 1.48. The van der Waals surface area contributed by atoms with E-state index >= 15 is 8.78 Å². The number of carbonyl (C=O) groups is 3. The summed E-state index contributed by atoms with van der Waals surface area (Å²) in [6, 6.07) is 14.2. The zero-order chi connectivity index (χ0) is 62.2. The van der Waals surface area contributed by atoms with Gasteiger partial charge in [-0.15, -0.1) is 17.8 Å². The van der Waals surface area contributed by atoms with E-state index in [0.717, 1.165) is 80.0 Å². The minimum atomic E-state index is -0.969. The fourth-order valence-electron chi connectivity index (χ4n) is 14.1. The number of likely N-dealkylation sites (tertiary alicyclic amines) is 2. The van der Waals surface area contributed by atoms with Gasteiger partial charge in [-0.2, -0.15) is 9.97 Å². The zero-order valence-electron chi connectivity index (χ0n) is 50.7. The molecular weight excluding hydrogens is 1160 g/mol. The molecule has 3 aromatic carbocycles. The van der Waals surface area contributed by atoms with E-state index in [2.05, 4.69) is 41.1 Å². The number of nitrogens with zero attached hydrogens (tertiary/aromatic N) is 10. The first-order valence-corrected chi connectivity index (χ1v) is 31.7. The van der Waals surface area contributed by atoms with Crippen molar-refractivity contribution in [3.05, 3.63) is 101 Å². The van der Waals surface area contributed by atoms with Crippen molar-refractivity contribution in [3.63, 3.8) is 0 Å². The van der Waals surface area contributed by atoms with Crippen LogP contribution in [0, 0.1) is 48.7 Å². The maximum atomic E-state index is 17.5. The minimum absolute atomic E-state index is 0.0324. The Morgan fingerprint density at radius 3 is 2.30 bits per heavy atom. The van der Waals surface area contributed by atoms with E-state index in [1.165, 1.54) is 29.2 Å². The predicted molar refractivity (Wildman–Crippen MR) is 333 cm³/mol. The lowest BCUT2D eigenvalue weighted by atomic mass is 9.83. The number of thiazole rings is 1. The maximum Gasteiger partial charge on any atom is 0.407 e. The smallest absolute Gasteiger partial charge is 0.407 e. The number of nitrogens with one attached hydrogen (secondary N) is 1. The Bertz CT molecular complexity index is 3770. The molecule has 7 aromatic rings. The molecule has 5 aliphatic heterocycles. The van der Waals surface area contributed by atoms with Gasteiger partial charge in [0.2, 0.25) is 11.8 Å². The third kappa shape index (κ3) is 12.7. The number of carbonyl (C=O) groups excluding carboxylic acids is 2. The Kier molecular flexibility index (Phi) is 18.0. The normalized spacial score (nSPS) is 20.8. The second-order valence-electron chi connectivity index (χ2n) is 24.8. The average molecular weight is 1240 g/mol. The molecule has 4 aromatic heterocycles. The van der Waals surface area contributed by atoms with Crippen molar-refractivity contribution >= 4 is 62.6 Å². The van der Waals surface area contributed by atoms with Crippen molar-refractivity contribution in [2.75, 3.05) is 82.7 Å². The number of methoxy groups -OCH3 is 1. The van der Waals surface area contributed by atoms with Crippen LogP contribution in [0.4, 0.5) is 25.2 Å². The number of anilines is 2. The summed E-state index contributed by atoms with van der Waals surface area (Å²) in [4.78, 5) is 69.8. The zero-order valence-corrected chi connectivity index (χ0v) is 51.6. The lowest BCUT2D eigenvalue weighted by Crippen LogP contribution is -2.55. The van der Waals surface area contributed by atoms with Gasteiger partial charge < -0.3 is 49.0 Å². The van der Waals surface area contributed by atoms with Gasteiger partial charge in [-0.3, -0.25) is 24.4 Å². The molecule has 2 unspecified atom stereocenters. The van der Waals surface area contributed by atoms with E-state index in [9.17, 15) is 24.6 Å². The Labute approximate surface area is 519 Å². The summed E-state index contributed by atoms with van der Waals surface area (Å²) in [6.07, 6.45) is 12.3. The van der Waals surface area contributed by atoms with Crippen molar-refractivity contribution in [2.24, 2.45) is 17.8 Å². The molecule has 3 amide bonds. The van der Waals surface area contributed by atoms with Crippen LogP contribution in [0.1, 0.15) is 107 Å². The number of ether oxygens (including phenoxy) is 3. The lowest BCUT2D eigenvalue weighted by Gasteiger charge is -2.40. The number of hydrogen-bond donors (Lipinski definition) is 3. The SMILES string of the molecule is C#Cc1c(F)ccc2cc(OCOC)cc(-c3ncc4c(N5C[C@H]6CC[C@@H](C5)N6C(=O)O)nc(OCCN5CCC(CC6CCN(c7cc(C(C(=O)N8C[C@H](O)C[C@H]8C(=O)NC(C)c8ccc(-c9scnc9C)cc8)C(C)C)on7)CC6)CC5)nc4c3F)c12. The summed E-state index contributed by atoms with van der Waals surface area (Å²) < 4.78 is 56.0. The number of amides is 3. The van der Waals surface area contributed by atoms with Crippen LogP contribution in [0.2, 0.25) is 0 Å². The molecule has 89 heavy (non-hydrogen) atoms. The summed E-state index contributed by atoms with van der Waals surface area (Å²) in [5.74, 6) is 2.51. The highest BCUT2D eigenvalue weighted by Crippen LogP contribution is 2.42. The van der Waals surface area contributed by atoms with Crippen LogP contribution in [-0.4, -0.2) is 165 Å². The number of aliphatic hydroxyl groups is 1. The van der Waals surface area contributed by atoms with Gasteiger partial charge in [0.15, 0.2) is 24.2 Å². The van der Waals surface area contributed by atoms with E-state index in [1.807, 2.05) is 68.4 Å². The second-order valence-corrected chi connectivity index (χ2v) is 25.7. The molecule has 5 aliphatic rings. The third-order valence-electron chi connectivity index (χ3n) is 18.8. The summed E-state index contributed by atoms with van der Waals surface area (Å²) in [5, 5.41) is 29.6. The Balaban J connectivity index is 0.656. The molecule has 468 valence electrons. The number of piperazine rings is 1. The second kappa shape index (κ2) is 26.2. The highest BCUT2D eigenvalue weighted by Gasteiger charge is 2.45. The molecule has 5 saturated heterocycles. The molecule has 23 heteroatoms. The number of pyridine rings is 1. The van der Waals surface area contributed by atoms with Crippen molar-refractivity contribution in [1.29, 1.82) is 0 Å². The molecule has 2 bridgehead atoms. The molecule has 0 spiro atoms. The van der Waals surface area contributed by atoms with Gasteiger partial charge in [0.05, 0.1) is 51.3 Å². The Morgan fingerprint density at radius 1 is 0.899 bits per heavy atom. The first-order valence-electron chi connectivity index (χ1n) is 30.9. The Hall–Kier alpha value is -8.04. The van der Waals surface area contributed by atoms with E-state index in [-0.39, 0.29) is 96.0 Å². The molecule has 3 N–H and O–H groups in total. The molecule has 9 heterocycles. The monoisotopic (exact) mass is 1240 g/mol.